The number of nitrogens with zero attached hydrogens (tertiary/aromatic N) is 1. The summed E-state index contributed by atoms with van der Waals surface area (Å²) in [6, 6.07) is 16.2. The zero-order valence-electron chi connectivity index (χ0n) is 13.8. The van der Waals surface area contributed by atoms with Gasteiger partial charge >= 0.3 is 5.97 Å². The van der Waals surface area contributed by atoms with Crippen molar-refractivity contribution in [2.75, 3.05) is 14.1 Å². The normalized spacial score (nSPS) is 12.0. The van der Waals surface area contributed by atoms with Crippen LogP contribution in [0.5, 0.6) is 0 Å². The molecule has 3 rings (SSSR count). The number of esters is 1. The number of para-hydroxylation sites is 1. The number of carbonyl (C=O) groups excluding carboxylic acids is 2. The molecule has 0 bridgehead atoms. The number of carbonyl (C=O) groups is 2. The van der Waals surface area contributed by atoms with Gasteiger partial charge in [-0.1, -0.05) is 60.1 Å². The van der Waals surface area contributed by atoms with Crippen LogP contribution in [0.2, 0.25) is 5.02 Å². The fourth-order valence-corrected chi connectivity index (χ4v) is 2.83. The maximum Gasteiger partial charge on any atom is 0.357 e. The first-order chi connectivity index (χ1) is 12.0. The zero-order valence-corrected chi connectivity index (χ0v) is 14.6. The van der Waals surface area contributed by atoms with Crippen molar-refractivity contribution in [2.45, 2.75) is 6.10 Å². The molecule has 2 aromatic carbocycles. The molecule has 0 aliphatic heterocycles. The first-order valence-electron chi connectivity index (χ1n) is 7.72. The minimum Gasteiger partial charge on any atom is -0.443 e. The van der Waals surface area contributed by atoms with E-state index in [2.05, 4.69) is 4.98 Å². The molecule has 1 heterocycles. The van der Waals surface area contributed by atoms with Crippen molar-refractivity contribution in [1.82, 2.24) is 9.88 Å². The van der Waals surface area contributed by atoms with Crippen molar-refractivity contribution < 1.29 is 14.3 Å². The van der Waals surface area contributed by atoms with E-state index < -0.39 is 12.1 Å². The van der Waals surface area contributed by atoms with Crippen molar-refractivity contribution in [3.63, 3.8) is 0 Å². The van der Waals surface area contributed by atoms with Gasteiger partial charge in [-0.05, 0) is 6.07 Å². The number of fused-ring (bicyclic) bond motifs is 1. The highest BCUT2D eigenvalue weighted by Gasteiger charge is 2.28. The minimum absolute atomic E-state index is 0.135. The minimum atomic E-state index is -1.04. The highest BCUT2D eigenvalue weighted by atomic mass is 35.5. The van der Waals surface area contributed by atoms with E-state index in [-0.39, 0.29) is 16.6 Å². The molecule has 0 spiro atoms. The van der Waals surface area contributed by atoms with Crippen LogP contribution in [0.3, 0.4) is 0 Å². The summed E-state index contributed by atoms with van der Waals surface area (Å²) in [5.74, 6) is -1.00. The number of likely N-dealkylation sites (N-methyl/N-ethyl adjacent to an activating group) is 1. The molecule has 0 radical (unpaired) electrons. The molecular formula is C19H17ClN2O3. The molecule has 1 atom stereocenters. The second-order valence-corrected chi connectivity index (χ2v) is 6.17. The van der Waals surface area contributed by atoms with Crippen LogP contribution in [0.25, 0.3) is 10.9 Å². The Morgan fingerprint density at radius 1 is 1.04 bits per heavy atom. The number of ether oxygens (including phenoxy) is 1. The Labute approximate surface area is 150 Å². The summed E-state index contributed by atoms with van der Waals surface area (Å²) in [6.45, 7) is 0. The molecule has 1 amide bonds. The molecule has 6 heteroatoms. The quantitative estimate of drug-likeness (QED) is 0.723. The highest BCUT2D eigenvalue weighted by molar-refractivity contribution is 6.38. The van der Waals surface area contributed by atoms with Crippen molar-refractivity contribution in [3.05, 3.63) is 70.9 Å². The zero-order chi connectivity index (χ0) is 18.0. The van der Waals surface area contributed by atoms with E-state index in [9.17, 15) is 9.59 Å². The second-order valence-electron chi connectivity index (χ2n) is 5.79. The van der Waals surface area contributed by atoms with Crippen LogP contribution in [-0.2, 0) is 9.53 Å². The predicted octanol–water partition coefficient (Wildman–Crippen LogP) is 3.81. The van der Waals surface area contributed by atoms with Gasteiger partial charge in [0.05, 0.1) is 5.02 Å². The third-order valence-electron chi connectivity index (χ3n) is 3.84. The van der Waals surface area contributed by atoms with Gasteiger partial charge in [0, 0.05) is 30.6 Å². The number of benzene rings is 2. The molecule has 0 aliphatic rings. The van der Waals surface area contributed by atoms with Crippen molar-refractivity contribution in [1.29, 1.82) is 0 Å². The Bertz CT molecular complexity index is 919. The van der Waals surface area contributed by atoms with Gasteiger partial charge in [0.15, 0.2) is 0 Å². The maximum atomic E-state index is 12.6. The molecule has 25 heavy (non-hydrogen) atoms. The van der Waals surface area contributed by atoms with Gasteiger partial charge in [0.2, 0.25) is 6.10 Å². The van der Waals surface area contributed by atoms with Crippen LogP contribution in [0.1, 0.15) is 22.2 Å². The third kappa shape index (κ3) is 3.37. The summed E-state index contributed by atoms with van der Waals surface area (Å²) in [6.07, 6.45) is -1.04. The van der Waals surface area contributed by atoms with Gasteiger partial charge < -0.3 is 14.6 Å². The summed E-state index contributed by atoms with van der Waals surface area (Å²) >= 11 is 6.30. The number of hydrogen-bond donors (Lipinski definition) is 1. The molecule has 0 saturated heterocycles. The molecule has 1 aromatic heterocycles. The summed E-state index contributed by atoms with van der Waals surface area (Å²) < 4.78 is 5.51. The van der Waals surface area contributed by atoms with Gasteiger partial charge in [-0.3, -0.25) is 4.79 Å². The van der Waals surface area contributed by atoms with E-state index in [1.165, 1.54) is 4.90 Å². The van der Waals surface area contributed by atoms with Gasteiger partial charge in [-0.2, -0.15) is 0 Å². The second kappa shape index (κ2) is 6.99. The highest BCUT2D eigenvalue weighted by Crippen LogP contribution is 2.29. The largest absolute Gasteiger partial charge is 0.443 e. The Kier molecular flexibility index (Phi) is 4.76. The average molecular weight is 357 g/mol. The number of hydrogen-bond acceptors (Lipinski definition) is 3. The van der Waals surface area contributed by atoms with Crippen LogP contribution in [0.4, 0.5) is 0 Å². The summed E-state index contributed by atoms with van der Waals surface area (Å²) in [5.41, 5.74) is 1.46. The molecule has 0 fully saturated rings. The summed E-state index contributed by atoms with van der Waals surface area (Å²) in [7, 11) is 3.23. The van der Waals surface area contributed by atoms with Gasteiger partial charge in [-0.25, -0.2) is 4.79 Å². The molecule has 0 aliphatic carbocycles. The van der Waals surface area contributed by atoms with E-state index in [0.717, 1.165) is 10.9 Å². The number of amides is 1. The molecule has 3 aromatic rings. The van der Waals surface area contributed by atoms with Gasteiger partial charge in [0.1, 0.15) is 5.69 Å². The molecule has 1 unspecified atom stereocenters. The lowest BCUT2D eigenvalue weighted by molar-refractivity contribution is -0.138. The Morgan fingerprint density at radius 2 is 1.68 bits per heavy atom. The molecule has 5 nitrogen and oxygen atoms in total. The Balaban J connectivity index is 1.94. The van der Waals surface area contributed by atoms with Gasteiger partial charge in [0.25, 0.3) is 5.91 Å². The van der Waals surface area contributed by atoms with E-state index in [4.69, 9.17) is 16.3 Å². The number of nitrogens with one attached hydrogen (secondary N) is 1. The van der Waals surface area contributed by atoms with E-state index in [1.807, 2.05) is 30.3 Å². The number of halogens is 1. The lowest BCUT2D eigenvalue weighted by Gasteiger charge is -2.21. The fourth-order valence-electron chi connectivity index (χ4n) is 2.54. The molecule has 128 valence electrons. The number of H-pyrrole nitrogens is 1. The van der Waals surface area contributed by atoms with Crippen LogP contribution >= 0.6 is 11.6 Å². The Morgan fingerprint density at radius 3 is 2.32 bits per heavy atom. The summed E-state index contributed by atoms with van der Waals surface area (Å²) in [5, 5.41) is 1.01. The van der Waals surface area contributed by atoms with Crippen LogP contribution in [0, 0.1) is 0 Å². The topological polar surface area (TPSA) is 62.4 Å². The standard InChI is InChI=1S/C19H17ClN2O3/c1-22(2)18(23)17(12-8-4-3-5-9-12)25-19(24)16-15(20)13-10-6-7-11-14(13)21-16/h3-11,17,21H,1-2H3. The van der Waals surface area contributed by atoms with Crippen LogP contribution in [0.15, 0.2) is 54.6 Å². The fraction of sp³-hybridized carbons (Fsp3) is 0.158. The number of rotatable bonds is 4. The molecular weight excluding hydrogens is 340 g/mol. The Hall–Kier alpha value is -2.79. The smallest absolute Gasteiger partial charge is 0.357 e. The monoisotopic (exact) mass is 356 g/mol. The van der Waals surface area contributed by atoms with E-state index >= 15 is 0 Å². The third-order valence-corrected chi connectivity index (χ3v) is 4.23. The van der Waals surface area contributed by atoms with Gasteiger partial charge in [-0.15, -0.1) is 0 Å². The van der Waals surface area contributed by atoms with Crippen molar-refractivity contribution in [3.8, 4) is 0 Å². The summed E-state index contributed by atoms with van der Waals surface area (Å²) in [4.78, 5) is 29.5. The van der Waals surface area contributed by atoms with Crippen molar-refractivity contribution in [2.24, 2.45) is 0 Å². The SMILES string of the molecule is CN(C)C(=O)C(OC(=O)c1[nH]c2ccccc2c1Cl)c1ccccc1. The lowest BCUT2D eigenvalue weighted by atomic mass is 10.1. The number of aromatic amines is 1. The number of aromatic nitrogens is 1. The van der Waals surface area contributed by atoms with E-state index in [0.29, 0.717) is 5.56 Å². The first kappa shape index (κ1) is 17.0. The molecule has 1 N–H and O–H groups in total. The average Bonchev–Trinajstić information content (AvgIpc) is 2.97. The lowest BCUT2D eigenvalue weighted by Crippen LogP contribution is -2.31. The van der Waals surface area contributed by atoms with Crippen LogP contribution < -0.4 is 0 Å². The molecule has 0 saturated carbocycles. The van der Waals surface area contributed by atoms with Crippen LogP contribution in [-0.4, -0.2) is 35.9 Å². The van der Waals surface area contributed by atoms with Crippen molar-refractivity contribution >= 4 is 34.4 Å². The van der Waals surface area contributed by atoms with E-state index in [1.54, 1.807) is 38.4 Å². The maximum absolute atomic E-state index is 12.6. The first-order valence-corrected chi connectivity index (χ1v) is 8.10. The predicted molar refractivity (Wildman–Crippen MR) is 96.6 cm³/mol.